The molecule has 0 spiro atoms. The van der Waals surface area contributed by atoms with E-state index in [0.29, 0.717) is 0 Å². The van der Waals surface area contributed by atoms with E-state index in [0.717, 1.165) is 11.3 Å². The van der Waals surface area contributed by atoms with E-state index >= 15 is 0 Å². The standard InChI is InChI=1S/C13H18S/c1-3-4-5-12-6-8-13(9-7-12)10-11(2)14/h6-9H,3-5,10H2,1-2H3. The number of hydrogen-bond donors (Lipinski definition) is 0. The maximum atomic E-state index is 5.08. The van der Waals surface area contributed by atoms with E-state index in [1.54, 1.807) is 0 Å². The van der Waals surface area contributed by atoms with Crippen LogP contribution in [0.2, 0.25) is 0 Å². The molecule has 0 amide bonds. The number of aryl methyl sites for hydroxylation is 1. The molecule has 76 valence electrons. The normalized spacial score (nSPS) is 10.1. The van der Waals surface area contributed by atoms with Gasteiger partial charge in [-0.25, -0.2) is 0 Å². The number of thiocarbonyl (C=S) groups is 1. The Morgan fingerprint density at radius 1 is 1.14 bits per heavy atom. The van der Waals surface area contributed by atoms with Crippen molar-refractivity contribution in [2.24, 2.45) is 0 Å². The van der Waals surface area contributed by atoms with Crippen LogP contribution in [0.25, 0.3) is 0 Å². The highest BCUT2D eigenvalue weighted by Crippen LogP contribution is 2.08. The van der Waals surface area contributed by atoms with Crippen LogP contribution in [0.4, 0.5) is 0 Å². The van der Waals surface area contributed by atoms with Crippen molar-refractivity contribution in [3.05, 3.63) is 35.4 Å². The predicted molar refractivity (Wildman–Crippen MR) is 67.0 cm³/mol. The molecule has 0 bridgehead atoms. The molecule has 0 N–H and O–H groups in total. The minimum atomic E-state index is 0.934. The molecule has 0 heterocycles. The molecular formula is C13H18S. The maximum absolute atomic E-state index is 5.08. The summed E-state index contributed by atoms with van der Waals surface area (Å²) in [6.45, 7) is 4.23. The smallest absolute Gasteiger partial charge is 0.00354 e. The molecule has 0 atom stereocenters. The molecule has 0 saturated heterocycles. The van der Waals surface area contributed by atoms with Crippen LogP contribution >= 0.6 is 12.2 Å². The van der Waals surface area contributed by atoms with Gasteiger partial charge in [-0.05, 0) is 35.8 Å². The largest absolute Gasteiger partial charge is 0.0896 e. The Morgan fingerprint density at radius 3 is 2.21 bits per heavy atom. The second-order valence-corrected chi connectivity index (χ2v) is 4.50. The van der Waals surface area contributed by atoms with Gasteiger partial charge in [-0.3, -0.25) is 0 Å². The Hall–Kier alpha value is -0.690. The number of rotatable bonds is 5. The van der Waals surface area contributed by atoms with Gasteiger partial charge in [0, 0.05) is 6.42 Å². The van der Waals surface area contributed by atoms with Crippen LogP contribution in [0.5, 0.6) is 0 Å². The third kappa shape index (κ3) is 4.01. The van der Waals surface area contributed by atoms with E-state index in [4.69, 9.17) is 12.2 Å². The first kappa shape index (κ1) is 11.4. The van der Waals surface area contributed by atoms with Gasteiger partial charge >= 0.3 is 0 Å². The van der Waals surface area contributed by atoms with E-state index in [9.17, 15) is 0 Å². The van der Waals surface area contributed by atoms with E-state index in [2.05, 4.69) is 31.2 Å². The number of unbranched alkanes of at least 4 members (excludes halogenated alkanes) is 1. The van der Waals surface area contributed by atoms with Gasteiger partial charge in [-0.15, -0.1) is 0 Å². The minimum absolute atomic E-state index is 0.934. The molecule has 0 aromatic heterocycles. The highest BCUT2D eigenvalue weighted by molar-refractivity contribution is 7.80. The highest BCUT2D eigenvalue weighted by Gasteiger charge is 1.95. The van der Waals surface area contributed by atoms with Crippen LogP contribution in [0, 0.1) is 0 Å². The highest BCUT2D eigenvalue weighted by atomic mass is 32.1. The van der Waals surface area contributed by atoms with Gasteiger partial charge in [0.15, 0.2) is 0 Å². The molecule has 0 aliphatic carbocycles. The third-order valence-electron chi connectivity index (χ3n) is 2.30. The van der Waals surface area contributed by atoms with Crippen LogP contribution < -0.4 is 0 Å². The summed E-state index contributed by atoms with van der Waals surface area (Å²) in [4.78, 5) is 1.06. The molecule has 1 rings (SSSR count). The van der Waals surface area contributed by atoms with Crippen LogP contribution in [-0.2, 0) is 12.8 Å². The van der Waals surface area contributed by atoms with Crippen molar-refractivity contribution in [3.63, 3.8) is 0 Å². The first-order valence-corrected chi connectivity index (χ1v) is 5.70. The van der Waals surface area contributed by atoms with Gasteiger partial charge in [0.1, 0.15) is 0 Å². The lowest BCUT2D eigenvalue weighted by Gasteiger charge is -2.02. The number of benzene rings is 1. The summed E-state index contributed by atoms with van der Waals surface area (Å²) in [5.74, 6) is 0. The lowest BCUT2D eigenvalue weighted by molar-refractivity contribution is 0.795. The van der Waals surface area contributed by atoms with Crippen LogP contribution in [-0.4, -0.2) is 4.86 Å². The first-order chi connectivity index (χ1) is 6.72. The molecule has 14 heavy (non-hydrogen) atoms. The van der Waals surface area contributed by atoms with Crippen LogP contribution in [0.1, 0.15) is 37.8 Å². The maximum Gasteiger partial charge on any atom is 0.00354 e. The second kappa shape index (κ2) is 5.92. The first-order valence-electron chi connectivity index (χ1n) is 5.29. The topological polar surface area (TPSA) is 0 Å². The fourth-order valence-electron chi connectivity index (χ4n) is 1.49. The summed E-state index contributed by atoms with van der Waals surface area (Å²) in [5.41, 5.74) is 2.77. The zero-order chi connectivity index (χ0) is 10.4. The third-order valence-corrected chi connectivity index (χ3v) is 2.44. The van der Waals surface area contributed by atoms with E-state index in [1.165, 1.54) is 30.4 Å². The van der Waals surface area contributed by atoms with E-state index < -0.39 is 0 Å². The molecule has 1 aromatic carbocycles. The van der Waals surface area contributed by atoms with Crippen molar-refractivity contribution in [2.75, 3.05) is 0 Å². The summed E-state index contributed by atoms with van der Waals surface area (Å²) >= 11 is 5.08. The summed E-state index contributed by atoms with van der Waals surface area (Å²) in [7, 11) is 0. The molecule has 0 unspecified atom stereocenters. The predicted octanol–water partition coefficient (Wildman–Crippen LogP) is 3.96. The molecule has 0 saturated carbocycles. The Kier molecular flexibility index (Phi) is 4.81. The minimum Gasteiger partial charge on any atom is -0.0896 e. The van der Waals surface area contributed by atoms with Gasteiger partial charge in [0.05, 0.1) is 0 Å². The van der Waals surface area contributed by atoms with Crippen LogP contribution in [0.3, 0.4) is 0 Å². The zero-order valence-corrected chi connectivity index (χ0v) is 9.86. The molecule has 0 aliphatic heterocycles. The van der Waals surface area contributed by atoms with Crippen molar-refractivity contribution >= 4 is 17.1 Å². The SMILES string of the molecule is CCCCc1ccc(CC(C)=S)cc1. The van der Waals surface area contributed by atoms with Crippen molar-refractivity contribution < 1.29 is 0 Å². The van der Waals surface area contributed by atoms with Gasteiger partial charge in [0.25, 0.3) is 0 Å². The Balaban J connectivity index is 2.54. The number of hydrogen-bond acceptors (Lipinski definition) is 1. The lowest BCUT2D eigenvalue weighted by atomic mass is 10.0. The van der Waals surface area contributed by atoms with E-state index in [-0.39, 0.29) is 0 Å². The molecule has 0 nitrogen and oxygen atoms in total. The van der Waals surface area contributed by atoms with E-state index in [1.807, 2.05) is 6.92 Å². The molecule has 1 aromatic rings. The quantitative estimate of drug-likeness (QED) is 0.657. The summed E-state index contributed by atoms with van der Waals surface area (Å²) in [5, 5.41) is 0. The summed E-state index contributed by atoms with van der Waals surface area (Å²) in [6, 6.07) is 8.84. The molecule has 0 fully saturated rings. The van der Waals surface area contributed by atoms with Gasteiger partial charge in [-0.2, -0.15) is 0 Å². The van der Waals surface area contributed by atoms with Crippen molar-refractivity contribution in [1.29, 1.82) is 0 Å². The molecule has 0 aliphatic rings. The molecular weight excluding hydrogens is 188 g/mol. The zero-order valence-electron chi connectivity index (χ0n) is 9.05. The van der Waals surface area contributed by atoms with Crippen molar-refractivity contribution in [1.82, 2.24) is 0 Å². The Morgan fingerprint density at radius 2 is 1.71 bits per heavy atom. The van der Waals surface area contributed by atoms with Gasteiger partial charge in [-0.1, -0.05) is 49.8 Å². The van der Waals surface area contributed by atoms with Crippen molar-refractivity contribution in [3.8, 4) is 0 Å². The average molecular weight is 206 g/mol. The lowest BCUT2D eigenvalue weighted by Crippen LogP contribution is -1.94. The Labute approximate surface area is 92.3 Å². The summed E-state index contributed by atoms with van der Waals surface area (Å²) < 4.78 is 0. The fourth-order valence-corrected chi connectivity index (χ4v) is 1.66. The van der Waals surface area contributed by atoms with Crippen molar-refractivity contribution in [2.45, 2.75) is 39.5 Å². The van der Waals surface area contributed by atoms with Gasteiger partial charge < -0.3 is 0 Å². The second-order valence-electron chi connectivity index (χ2n) is 3.80. The molecule has 1 heteroatoms. The van der Waals surface area contributed by atoms with Crippen LogP contribution in [0.15, 0.2) is 24.3 Å². The summed E-state index contributed by atoms with van der Waals surface area (Å²) in [6.07, 6.45) is 4.68. The fraction of sp³-hybridized carbons (Fsp3) is 0.462. The molecule has 0 radical (unpaired) electrons. The van der Waals surface area contributed by atoms with Gasteiger partial charge in [0.2, 0.25) is 0 Å². The monoisotopic (exact) mass is 206 g/mol. The Bertz CT molecular complexity index is 285. The average Bonchev–Trinajstić information content (AvgIpc) is 2.16.